The maximum atomic E-state index is 5.31. The molecule has 0 aromatic heterocycles. The highest BCUT2D eigenvalue weighted by Gasteiger charge is 2.17. The lowest BCUT2D eigenvalue weighted by Gasteiger charge is -2.33. The zero-order valence-corrected chi connectivity index (χ0v) is 12.9. The fourth-order valence-electron chi connectivity index (χ4n) is 2.27. The Labute approximate surface area is 113 Å². The molecular weight excluding hydrogens is 228 g/mol. The van der Waals surface area contributed by atoms with Gasteiger partial charge in [-0.15, -0.1) is 0 Å². The zero-order chi connectivity index (χ0) is 13.8. The fourth-order valence-corrected chi connectivity index (χ4v) is 2.27. The molecule has 0 fully saturated rings. The summed E-state index contributed by atoms with van der Waals surface area (Å²) in [4.78, 5) is 2.47. The van der Waals surface area contributed by atoms with E-state index in [0.29, 0.717) is 12.1 Å². The van der Waals surface area contributed by atoms with Crippen molar-refractivity contribution >= 4 is 0 Å². The topological polar surface area (TPSA) is 33.7 Å². The van der Waals surface area contributed by atoms with E-state index in [4.69, 9.17) is 9.47 Å². The SMILES string of the molecule is CCOCCCNCC(C)N(CC)C(C)COC. The molecule has 0 spiro atoms. The summed E-state index contributed by atoms with van der Waals surface area (Å²) < 4.78 is 10.5. The third-order valence-electron chi connectivity index (χ3n) is 3.19. The molecule has 0 aliphatic rings. The van der Waals surface area contributed by atoms with E-state index in [2.05, 4.69) is 31.0 Å². The molecule has 110 valence electrons. The number of rotatable bonds is 12. The number of hydrogen-bond donors (Lipinski definition) is 1. The van der Waals surface area contributed by atoms with E-state index in [1.165, 1.54) is 0 Å². The van der Waals surface area contributed by atoms with Crippen molar-refractivity contribution in [3.8, 4) is 0 Å². The number of ether oxygens (including phenoxy) is 2. The first-order chi connectivity index (χ1) is 8.67. The van der Waals surface area contributed by atoms with Crippen LogP contribution in [0.3, 0.4) is 0 Å². The van der Waals surface area contributed by atoms with Crippen LogP contribution >= 0.6 is 0 Å². The van der Waals surface area contributed by atoms with Crippen LogP contribution in [0.25, 0.3) is 0 Å². The van der Waals surface area contributed by atoms with E-state index in [1.54, 1.807) is 7.11 Å². The van der Waals surface area contributed by atoms with Crippen molar-refractivity contribution in [3.05, 3.63) is 0 Å². The number of nitrogens with zero attached hydrogens (tertiary/aromatic N) is 1. The van der Waals surface area contributed by atoms with Crippen molar-refractivity contribution in [2.45, 2.75) is 46.2 Å². The van der Waals surface area contributed by atoms with Gasteiger partial charge in [-0.1, -0.05) is 6.92 Å². The van der Waals surface area contributed by atoms with E-state index < -0.39 is 0 Å². The predicted octanol–water partition coefficient (Wildman–Crippen LogP) is 1.75. The van der Waals surface area contributed by atoms with Crippen LogP contribution < -0.4 is 5.32 Å². The molecule has 4 nitrogen and oxygen atoms in total. The van der Waals surface area contributed by atoms with Crippen molar-refractivity contribution in [2.24, 2.45) is 0 Å². The molecule has 0 saturated heterocycles. The third kappa shape index (κ3) is 8.03. The summed E-state index contributed by atoms with van der Waals surface area (Å²) >= 11 is 0. The Bertz CT molecular complexity index is 179. The Kier molecular flexibility index (Phi) is 11.8. The van der Waals surface area contributed by atoms with Crippen molar-refractivity contribution in [1.29, 1.82) is 0 Å². The van der Waals surface area contributed by atoms with E-state index in [1.807, 2.05) is 6.92 Å². The molecule has 0 radical (unpaired) electrons. The molecule has 0 aliphatic carbocycles. The highest BCUT2D eigenvalue weighted by atomic mass is 16.5. The zero-order valence-electron chi connectivity index (χ0n) is 12.9. The summed E-state index contributed by atoms with van der Waals surface area (Å²) in [5.41, 5.74) is 0. The molecule has 2 atom stereocenters. The van der Waals surface area contributed by atoms with Crippen LogP contribution in [0, 0.1) is 0 Å². The second-order valence-electron chi connectivity index (χ2n) is 4.74. The Morgan fingerprint density at radius 2 is 1.89 bits per heavy atom. The minimum atomic E-state index is 0.472. The van der Waals surface area contributed by atoms with Gasteiger partial charge < -0.3 is 14.8 Å². The fraction of sp³-hybridized carbons (Fsp3) is 1.00. The summed E-state index contributed by atoms with van der Waals surface area (Å²) in [6, 6.07) is 1.01. The molecule has 0 aromatic carbocycles. The van der Waals surface area contributed by atoms with Gasteiger partial charge in [0.05, 0.1) is 6.61 Å². The average Bonchev–Trinajstić information content (AvgIpc) is 2.35. The summed E-state index contributed by atoms with van der Waals surface area (Å²) in [6.45, 7) is 14.3. The molecule has 2 unspecified atom stereocenters. The number of methoxy groups -OCH3 is 1. The van der Waals surface area contributed by atoms with Crippen LogP contribution in [0.4, 0.5) is 0 Å². The van der Waals surface area contributed by atoms with Crippen molar-refractivity contribution < 1.29 is 9.47 Å². The highest BCUT2D eigenvalue weighted by molar-refractivity contribution is 4.74. The molecule has 0 aliphatic heterocycles. The first-order valence-electron chi connectivity index (χ1n) is 7.20. The number of nitrogens with one attached hydrogen (secondary N) is 1. The minimum Gasteiger partial charge on any atom is -0.383 e. The normalized spacial score (nSPS) is 15.0. The van der Waals surface area contributed by atoms with Gasteiger partial charge in [-0.05, 0) is 40.3 Å². The van der Waals surface area contributed by atoms with Gasteiger partial charge in [-0.2, -0.15) is 0 Å². The molecule has 0 bridgehead atoms. The number of likely N-dealkylation sites (N-methyl/N-ethyl adjacent to an activating group) is 1. The maximum absolute atomic E-state index is 5.31. The van der Waals surface area contributed by atoms with E-state index in [9.17, 15) is 0 Å². The molecule has 0 aromatic rings. The standard InChI is InChI=1S/C14H32N2O2/c1-6-16(14(4)12-17-5)13(3)11-15-9-8-10-18-7-2/h13-15H,6-12H2,1-5H3. The second kappa shape index (κ2) is 11.9. The Morgan fingerprint density at radius 1 is 1.17 bits per heavy atom. The third-order valence-corrected chi connectivity index (χ3v) is 3.19. The first-order valence-corrected chi connectivity index (χ1v) is 7.20. The highest BCUT2D eigenvalue weighted by Crippen LogP contribution is 2.05. The molecule has 0 heterocycles. The Hall–Kier alpha value is -0.160. The summed E-state index contributed by atoms with van der Waals surface area (Å²) in [5, 5.41) is 3.49. The predicted molar refractivity (Wildman–Crippen MR) is 77.2 cm³/mol. The molecule has 4 heteroatoms. The van der Waals surface area contributed by atoms with Crippen LogP contribution in [-0.4, -0.2) is 63.5 Å². The van der Waals surface area contributed by atoms with Gasteiger partial charge in [-0.25, -0.2) is 0 Å². The van der Waals surface area contributed by atoms with Crippen LogP contribution in [0.5, 0.6) is 0 Å². The quantitative estimate of drug-likeness (QED) is 0.542. The van der Waals surface area contributed by atoms with E-state index in [0.717, 1.165) is 45.9 Å². The lowest BCUT2D eigenvalue weighted by Crippen LogP contribution is -2.47. The minimum absolute atomic E-state index is 0.472. The van der Waals surface area contributed by atoms with Crippen LogP contribution in [0.1, 0.15) is 34.1 Å². The smallest absolute Gasteiger partial charge is 0.0615 e. The van der Waals surface area contributed by atoms with Crippen LogP contribution in [0.2, 0.25) is 0 Å². The van der Waals surface area contributed by atoms with Gasteiger partial charge in [-0.3, -0.25) is 4.90 Å². The Balaban J connectivity index is 3.73. The molecule has 1 N–H and O–H groups in total. The van der Waals surface area contributed by atoms with Gasteiger partial charge in [0.25, 0.3) is 0 Å². The van der Waals surface area contributed by atoms with Gasteiger partial charge in [0.2, 0.25) is 0 Å². The molecule has 0 amide bonds. The van der Waals surface area contributed by atoms with E-state index >= 15 is 0 Å². The lowest BCUT2D eigenvalue weighted by molar-refractivity contribution is 0.0777. The van der Waals surface area contributed by atoms with E-state index in [-0.39, 0.29) is 0 Å². The largest absolute Gasteiger partial charge is 0.383 e. The average molecular weight is 260 g/mol. The van der Waals surface area contributed by atoms with Gasteiger partial charge in [0.15, 0.2) is 0 Å². The van der Waals surface area contributed by atoms with Crippen molar-refractivity contribution in [3.63, 3.8) is 0 Å². The van der Waals surface area contributed by atoms with Gasteiger partial charge in [0, 0.05) is 39.0 Å². The molecule has 0 rings (SSSR count). The Morgan fingerprint density at radius 3 is 2.44 bits per heavy atom. The van der Waals surface area contributed by atoms with Crippen molar-refractivity contribution in [2.75, 3.05) is 46.6 Å². The maximum Gasteiger partial charge on any atom is 0.0615 e. The summed E-state index contributed by atoms with van der Waals surface area (Å²) in [7, 11) is 1.76. The lowest BCUT2D eigenvalue weighted by atomic mass is 10.2. The van der Waals surface area contributed by atoms with Gasteiger partial charge >= 0.3 is 0 Å². The van der Waals surface area contributed by atoms with Crippen molar-refractivity contribution in [1.82, 2.24) is 10.2 Å². The van der Waals surface area contributed by atoms with Crippen LogP contribution in [-0.2, 0) is 9.47 Å². The molecule has 0 saturated carbocycles. The molecular formula is C14H32N2O2. The number of hydrogen-bond acceptors (Lipinski definition) is 4. The molecule has 18 heavy (non-hydrogen) atoms. The summed E-state index contributed by atoms with van der Waals surface area (Å²) in [6.07, 6.45) is 1.08. The second-order valence-corrected chi connectivity index (χ2v) is 4.74. The monoisotopic (exact) mass is 260 g/mol. The summed E-state index contributed by atoms with van der Waals surface area (Å²) in [5.74, 6) is 0. The van der Waals surface area contributed by atoms with Gasteiger partial charge in [0.1, 0.15) is 0 Å². The first kappa shape index (κ1) is 17.8. The van der Waals surface area contributed by atoms with Crippen LogP contribution in [0.15, 0.2) is 0 Å².